The van der Waals surface area contributed by atoms with E-state index in [-0.39, 0.29) is 0 Å². The Hall–Kier alpha value is -3.26. The van der Waals surface area contributed by atoms with Gasteiger partial charge in [-0.05, 0) is 29.8 Å². The highest BCUT2D eigenvalue weighted by molar-refractivity contribution is 5.48. The predicted octanol–water partition coefficient (Wildman–Crippen LogP) is 2.49. The van der Waals surface area contributed by atoms with E-state index >= 15 is 0 Å². The Kier molecular flexibility index (Phi) is 5.77. The Morgan fingerprint density at radius 2 is 1.85 bits per heavy atom. The number of nitrogens with zero attached hydrogens (tertiary/aromatic N) is 2. The van der Waals surface area contributed by atoms with Crippen LogP contribution in [0.5, 0.6) is 17.2 Å². The van der Waals surface area contributed by atoms with E-state index in [4.69, 9.17) is 19.9 Å². The molecule has 0 aliphatic rings. The number of nitrogens with two attached hydrogens (primary N) is 1. The molecule has 1 unspecified atom stereocenters. The molecule has 0 aliphatic carbocycles. The molecule has 0 spiro atoms. The molecule has 1 heterocycles. The Labute approximate surface area is 157 Å². The first kappa shape index (κ1) is 18.5. The average Bonchev–Trinajstić information content (AvgIpc) is 3.20. The van der Waals surface area contributed by atoms with Gasteiger partial charge in [0.25, 0.3) is 0 Å². The van der Waals surface area contributed by atoms with Crippen LogP contribution in [0.3, 0.4) is 0 Å². The largest absolute Gasteiger partial charge is 0.497 e. The van der Waals surface area contributed by atoms with Crippen LogP contribution in [0.1, 0.15) is 23.3 Å². The molecule has 8 heteroatoms. The van der Waals surface area contributed by atoms with Crippen LogP contribution in [-0.4, -0.2) is 36.5 Å². The number of H-pyrrole nitrogens is 1. The van der Waals surface area contributed by atoms with Gasteiger partial charge in [0.2, 0.25) is 0 Å². The van der Waals surface area contributed by atoms with E-state index in [1.165, 1.54) is 0 Å². The van der Waals surface area contributed by atoms with Crippen LogP contribution < -0.4 is 25.3 Å². The van der Waals surface area contributed by atoms with Crippen molar-refractivity contribution in [1.82, 2.24) is 15.2 Å². The van der Waals surface area contributed by atoms with E-state index in [0.717, 1.165) is 17.0 Å². The summed E-state index contributed by atoms with van der Waals surface area (Å²) in [5.74, 6) is 3.23. The van der Waals surface area contributed by atoms with Gasteiger partial charge in [0.05, 0.1) is 33.9 Å². The normalized spacial score (nSPS) is 11.7. The maximum atomic E-state index is 6.31. The lowest BCUT2D eigenvalue weighted by molar-refractivity contribution is 0.354. The second-order valence-corrected chi connectivity index (χ2v) is 5.82. The van der Waals surface area contributed by atoms with Crippen LogP contribution in [0.2, 0.25) is 0 Å². The second kappa shape index (κ2) is 8.41. The minimum Gasteiger partial charge on any atom is -0.497 e. The molecule has 1 aromatic heterocycles. The number of anilines is 1. The highest BCUT2D eigenvalue weighted by Gasteiger charge is 2.17. The quantitative estimate of drug-likeness (QED) is 0.560. The van der Waals surface area contributed by atoms with Crippen LogP contribution in [0.15, 0.2) is 42.5 Å². The Balaban J connectivity index is 1.69. The molecular formula is C19H23N5O3. The average molecular weight is 369 g/mol. The predicted molar refractivity (Wildman–Crippen MR) is 102 cm³/mol. The van der Waals surface area contributed by atoms with E-state index in [1.807, 2.05) is 42.5 Å². The smallest absolute Gasteiger partial charge is 0.171 e. The summed E-state index contributed by atoms with van der Waals surface area (Å²) in [6.07, 6.45) is 0. The highest BCUT2D eigenvalue weighted by atomic mass is 16.5. The van der Waals surface area contributed by atoms with E-state index in [2.05, 4.69) is 20.5 Å². The number of hydrogen-bond acceptors (Lipinski definition) is 7. The van der Waals surface area contributed by atoms with Gasteiger partial charge in [-0.25, -0.2) is 4.98 Å². The molecule has 1 atom stereocenters. The van der Waals surface area contributed by atoms with E-state index in [9.17, 15) is 0 Å². The first-order chi connectivity index (χ1) is 13.1. The molecule has 0 bridgehead atoms. The lowest BCUT2D eigenvalue weighted by Gasteiger charge is -2.12. The number of ether oxygens (including phenoxy) is 3. The fourth-order valence-electron chi connectivity index (χ4n) is 2.64. The minimum atomic E-state index is -0.480. The molecule has 3 aromatic rings. The van der Waals surface area contributed by atoms with Gasteiger partial charge in [-0.1, -0.05) is 12.1 Å². The number of rotatable bonds is 8. The number of aromatic nitrogens is 3. The van der Waals surface area contributed by atoms with Gasteiger partial charge in [0, 0.05) is 11.8 Å². The van der Waals surface area contributed by atoms with Crippen molar-refractivity contribution in [3.8, 4) is 17.2 Å². The monoisotopic (exact) mass is 369 g/mol. The van der Waals surface area contributed by atoms with E-state index in [1.54, 1.807) is 21.3 Å². The zero-order chi connectivity index (χ0) is 19.2. The van der Waals surface area contributed by atoms with Gasteiger partial charge < -0.3 is 25.3 Å². The van der Waals surface area contributed by atoms with Crippen molar-refractivity contribution in [3.05, 3.63) is 59.7 Å². The minimum absolute atomic E-state index is 0.480. The SMILES string of the molecule is COc1cccc(NCc2nc(C(N)c3ccc(OC)c(OC)c3)n[nH]2)c1. The molecule has 4 N–H and O–H groups in total. The van der Waals surface area contributed by atoms with E-state index in [0.29, 0.717) is 29.7 Å². The van der Waals surface area contributed by atoms with Crippen LogP contribution in [0.25, 0.3) is 0 Å². The van der Waals surface area contributed by atoms with E-state index < -0.39 is 6.04 Å². The van der Waals surface area contributed by atoms with Crippen molar-refractivity contribution in [2.45, 2.75) is 12.6 Å². The summed E-state index contributed by atoms with van der Waals surface area (Å²) in [5, 5.41) is 10.4. The zero-order valence-electron chi connectivity index (χ0n) is 15.5. The van der Waals surface area contributed by atoms with Gasteiger partial charge in [0.15, 0.2) is 17.3 Å². The van der Waals surface area contributed by atoms with Gasteiger partial charge in [-0.3, -0.25) is 5.10 Å². The number of nitrogens with one attached hydrogen (secondary N) is 2. The maximum absolute atomic E-state index is 6.31. The van der Waals surface area contributed by atoms with Crippen molar-refractivity contribution >= 4 is 5.69 Å². The van der Waals surface area contributed by atoms with Gasteiger partial charge in [0.1, 0.15) is 11.6 Å². The summed E-state index contributed by atoms with van der Waals surface area (Å²) in [6.45, 7) is 0.485. The molecular weight excluding hydrogens is 346 g/mol. The molecule has 8 nitrogen and oxygen atoms in total. The molecule has 0 amide bonds. The van der Waals surface area contributed by atoms with Crippen LogP contribution >= 0.6 is 0 Å². The summed E-state index contributed by atoms with van der Waals surface area (Å²) in [6, 6.07) is 12.7. The second-order valence-electron chi connectivity index (χ2n) is 5.82. The zero-order valence-corrected chi connectivity index (χ0v) is 15.5. The van der Waals surface area contributed by atoms with Gasteiger partial charge in [-0.15, -0.1) is 0 Å². The fourth-order valence-corrected chi connectivity index (χ4v) is 2.64. The van der Waals surface area contributed by atoms with Gasteiger partial charge >= 0.3 is 0 Å². The Morgan fingerprint density at radius 3 is 2.59 bits per heavy atom. The molecule has 0 radical (unpaired) electrons. The lowest BCUT2D eigenvalue weighted by atomic mass is 10.1. The molecule has 0 saturated heterocycles. The standard InChI is InChI=1S/C19H23N5O3/c1-25-14-6-4-5-13(10-14)21-11-17-22-19(24-23-17)18(20)12-7-8-15(26-2)16(9-12)27-3/h4-10,18,21H,11,20H2,1-3H3,(H,22,23,24). The van der Waals surface area contributed by atoms with Crippen molar-refractivity contribution in [3.63, 3.8) is 0 Å². The lowest BCUT2D eigenvalue weighted by Crippen LogP contribution is -2.14. The molecule has 0 saturated carbocycles. The molecule has 0 fully saturated rings. The topological polar surface area (TPSA) is 107 Å². The molecule has 142 valence electrons. The number of methoxy groups -OCH3 is 3. The molecule has 3 rings (SSSR count). The first-order valence-electron chi connectivity index (χ1n) is 8.41. The summed E-state index contributed by atoms with van der Waals surface area (Å²) in [7, 11) is 4.81. The summed E-state index contributed by atoms with van der Waals surface area (Å²) >= 11 is 0. The molecule has 27 heavy (non-hydrogen) atoms. The number of aromatic amines is 1. The van der Waals surface area contributed by atoms with Crippen molar-refractivity contribution in [1.29, 1.82) is 0 Å². The highest BCUT2D eigenvalue weighted by Crippen LogP contribution is 2.30. The van der Waals surface area contributed by atoms with Crippen LogP contribution in [0.4, 0.5) is 5.69 Å². The summed E-state index contributed by atoms with van der Waals surface area (Å²) in [4.78, 5) is 4.48. The number of hydrogen-bond donors (Lipinski definition) is 3. The molecule has 0 aliphatic heterocycles. The Morgan fingerprint density at radius 1 is 1.04 bits per heavy atom. The van der Waals surface area contributed by atoms with Crippen molar-refractivity contribution in [2.24, 2.45) is 5.73 Å². The third kappa shape index (κ3) is 4.29. The maximum Gasteiger partial charge on any atom is 0.171 e. The third-order valence-electron chi connectivity index (χ3n) is 4.12. The van der Waals surface area contributed by atoms with Crippen LogP contribution in [-0.2, 0) is 6.54 Å². The van der Waals surface area contributed by atoms with Crippen LogP contribution in [0, 0.1) is 0 Å². The fraction of sp³-hybridized carbons (Fsp3) is 0.263. The van der Waals surface area contributed by atoms with Gasteiger partial charge in [-0.2, -0.15) is 5.10 Å². The third-order valence-corrected chi connectivity index (χ3v) is 4.12. The molecule has 2 aromatic carbocycles. The number of benzene rings is 2. The Bertz CT molecular complexity index is 897. The van der Waals surface area contributed by atoms with Crippen molar-refractivity contribution in [2.75, 3.05) is 26.6 Å². The summed E-state index contributed by atoms with van der Waals surface area (Å²) in [5.41, 5.74) is 8.07. The summed E-state index contributed by atoms with van der Waals surface area (Å²) < 4.78 is 15.8. The first-order valence-corrected chi connectivity index (χ1v) is 8.41. The van der Waals surface area contributed by atoms with Crippen molar-refractivity contribution < 1.29 is 14.2 Å².